The third-order valence-electron chi connectivity index (χ3n) is 7.05. The number of nitrogens with one attached hydrogen (secondary N) is 1. The van der Waals surface area contributed by atoms with E-state index in [1.54, 1.807) is 33.5 Å². The summed E-state index contributed by atoms with van der Waals surface area (Å²) in [5.74, 6) is 1.27. The third kappa shape index (κ3) is 5.09. The van der Waals surface area contributed by atoms with Crippen LogP contribution in [0.15, 0.2) is 30.3 Å². The van der Waals surface area contributed by atoms with Crippen LogP contribution in [-0.4, -0.2) is 65.4 Å². The maximum absolute atomic E-state index is 13.2. The molecule has 1 saturated heterocycles. The molecule has 1 fully saturated rings. The van der Waals surface area contributed by atoms with E-state index >= 15 is 0 Å². The summed E-state index contributed by atoms with van der Waals surface area (Å²) in [5.41, 5.74) is 4.50. The SMILES string of the molecule is COc1cc(C(=O)NCC(c2ccc3c(c2)CCCN3C)N2CCCCC2)cc(OC)c1OC. The molecular formula is C27H37N3O4. The topological polar surface area (TPSA) is 63.3 Å². The molecule has 0 bridgehead atoms. The first kappa shape index (κ1) is 24.2. The van der Waals surface area contributed by atoms with E-state index in [9.17, 15) is 4.79 Å². The number of carbonyl (C=O) groups excluding carboxylic acids is 1. The van der Waals surface area contributed by atoms with Gasteiger partial charge >= 0.3 is 0 Å². The molecule has 7 heteroatoms. The normalized spacial score (nSPS) is 17.0. The van der Waals surface area contributed by atoms with Gasteiger partial charge in [-0.25, -0.2) is 0 Å². The molecule has 0 saturated carbocycles. The lowest BCUT2D eigenvalue weighted by molar-refractivity contribution is 0.0923. The van der Waals surface area contributed by atoms with E-state index in [0.717, 1.165) is 26.1 Å². The minimum absolute atomic E-state index is 0.142. The van der Waals surface area contributed by atoms with Gasteiger partial charge in [-0.3, -0.25) is 9.69 Å². The van der Waals surface area contributed by atoms with Crippen LogP contribution in [-0.2, 0) is 6.42 Å². The van der Waals surface area contributed by atoms with E-state index in [4.69, 9.17) is 14.2 Å². The van der Waals surface area contributed by atoms with Crippen molar-refractivity contribution in [2.24, 2.45) is 0 Å². The molecule has 1 atom stereocenters. The Hall–Kier alpha value is -2.93. The fourth-order valence-electron chi connectivity index (χ4n) is 5.20. The van der Waals surface area contributed by atoms with Crippen LogP contribution in [0.2, 0.25) is 0 Å². The maximum Gasteiger partial charge on any atom is 0.251 e. The number of ether oxygens (including phenoxy) is 3. The predicted molar refractivity (Wildman–Crippen MR) is 135 cm³/mol. The highest BCUT2D eigenvalue weighted by molar-refractivity contribution is 5.95. The van der Waals surface area contributed by atoms with Crippen molar-refractivity contribution < 1.29 is 19.0 Å². The number of hydrogen-bond acceptors (Lipinski definition) is 6. The van der Waals surface area contributed by atoms with Crippen molar-refractivity contribution in [3.05, 3.63) is 47.0 Å². The van der Waals surface area contributed by atoms with Gasteiger partial charge in [0.15, 0.2) is 11.5 Å². The van der Waals surface area contributed by atoms with Crippen molar-refractivity contribution in [1.82, 2.24) is 10.2 Å². The zero-order chi connectivity index (χ0) is 24.1. The largest absolute Gasteiger partial charge is 0.493 e. The molecule has 2 aliphatic rings. The second-order valence-corrected chi connectivity index (χ2v) is 9.15. The third-order valence-corrected chi connectivity index (χ3v) is 7.05. The number of anilines is 1. The molecule has 184 valence electrons. The Labute approximate surface area is 203 Å². The van der Waals surface area contributed by atoms with Crippen LogP contribution in [0.25, 0.3) is 0 Å². The Balaban J connectivity index is 1.56. The molecule has 2 aromatic carbocycles. The molecule has 2 heterocycles. The van der Waals surface area contributed by atoms with Crippen LogP contribution in [0.1, 0.15) is 53.2 Å². The number of benzene rings is 2. The van der Waals surface area contributed by atoms with Crippen molar-refractivity contribution in [2.75, 3.05) is 59.5 Å². The molecule has 1 amide bonds. The summed E-state index contributed by atoms with van der Waals surface area (Å²) in [6.07, 6.45) is 5.96. The Morgan fingerprint density at radius 2 is 1.65 bits per heavy atom. The van der Waals surface area contributed by atoms with Gasteiger partial charge in [-0.2, -0.15) is 0 Å². The first-order valence-electron chi connectivity index (χ1n) is 12.2. The lowest BCUT2D eigenvalue weighted by Crippen LogP contribution is -2.40. The number of likely N-dealkylation sites (tertiary alicyclic amines) is 1. The predicted octanol–water partition coefficient (Wildman–Crippen LogP) is 4.05. The summed E-state index contributed by atoms with van der Waals surface area (Å²) < 4.78 is 16.2. The fourth-order valence-corrected chi connectivity index (χ4v) is 5.20. The van der Waals surface area contributed by atoms with E-state index in [-0.39, 0.29) is 11.9 Å². The van der Waals surface area contributed by atoms with E-state index in [1.807, 2.05) is 0 Å². The second kappa shape index (κ2) is 11.0. The first-order valence-corrected chi connectivity index (χ1v) is 12.2. The number of carbonyl (C=O) groups is 1. The van der Waals surface area contributed by atoms with Gasteiger partial charge in [0.05, 0.1) is 27.4 Å². The van der Waals surface area contributed by atoms with Gasteiger partial charge in [0, 0.05) is 31.4 Å². The van der Waals surface area contributed by atoms with Crippen LogP contribution in [0, 0.1) is 0 Å². The van der Waals surface area contributed by atoms with Gasteiger partial charge in [0.25, 0.3) is 5.91 Å². The Bertz CT molecular complexity index is 978. The zero-order valence-electron chi connectivity index (χ0n) is 20.9. The summed E-state index contributed by atoms with van der Waals surface area (Å²) in [6.45, 7) is 3.76. The Kier molecular flexibility index (Phi) is 7.83. The molecule has 2 aromatic rings. The highest BCUT2D eigenvalue weighted by Gasteiger charge is 2.25. The molecule has 4 rings (SSSR count). The van der Waals surface area contributed by atoms with Gasteiger partial charge in [0.2, 0.25) is 5.75 Å². The number of aryl methyl sites for hydroxylation is 1. The first-order chi connectivity index (χ1) is 16.5. The van der Waals surface area contributed by atoms with Gasteiger partial charge < -0.3 is 24.4 Å². The standard InChI is InChI=1S/C27H37N3O4/c1-29-12-8-9-19-15-20(10-11-22(19)29)23(30-13-6-5-7-14-30)18-28-27(31)21-16-24(32-2)26(34-4)25(17-21)33-3/h10-11,15-17,23H,5-9,12-14,18H2,1-4H3,(H,28,31). The van der Waals surface area contributed by atoms with E-state index < -0.39 is 0 Å². The number of fused-ring (bicyclic) bond motifs is 1. The van der Waals surface area contributed by atoms with Crippen molar-refractivity contribution in [1.29, 1.82) is 0 Å². The molecular weight excluding hydrogens is 430 g/mol. The lowest BCUT2D eigenvalue weighted by atomic mass is 9.95. The second-order valence-electron chi connectivity index (χ2n) is 9.15. The van der Waals surface area contributed by atoms with Crippen molar-refractivity contribution in [3.8, 4) is 17.2 Å². The van der Waals surface area contributed by atoms with E-state index in [0.29, 0.717) is 29.4 Å². The molecule has 2 aliphatic heterocycles. The molecule has 1 unspecified atom stereocenters. The quantitative estimate of drug-likeness (QED) is 0.632. The molecule has 0 aliphatic carbocycles. The smallest absolute Gasteiger partial charge is 0.251 e. The Morgan fingerprint density at radius 1 is 0.941 bits per heavy atom. The summed E-state index contributed by atoms with van der Waals surface area (Å²) in [5, 5.41) is 3.18. The van der Waals surface area contributed by atoms with Crippen molar-refractivity contribution in [2.45, 2.75) is 38.1 Å². The van der Waals surface area contributed by atoms with Gasteiger partial charge in [-0.05, 0) is 68.1 Å². The molecule has 1 N–H and O–H groups in total. The molecule has 34 heavy (non-hydrogen) atoms. The average molecular weight is 468 g/mol. The fraction of sp³-hybridized carbons (Fsp3) is 0.519. The highest BCUT2D eigenvalue weighted by Crippen LogP contribution is 2.38. The monoisotopic (exact) mass is 467 g/mol. The zero-order valence-corrected chi connectivity index (χ0v) is 20.9. The van der Waals surface area contributed by atoms with Crippen LogP contribution in [0.3, 0.4) is 0 Å². The number of hydrogen-bond donors (Lipinski definition) is 1. The summed E-state index contributed by atoms with van der Waals surface area (Å²) >= 11 is 0. The summed E-state index contributed by atoms with van der Waals surface area (Å²) in [4.78, 5) is 18.0. The molecule has 0 aromatic heterocycles. The van der Waals surface area contributed by atoms with Crippen molar-refractivity contribution >= 4 is 11.6 Å². The number of methoxy groups -OCH3 is 3. The minimum Gasteiger partial charge on any atom is -0.493 e. The van der Waals surface area contributed by atoms with Gasteiger partial charge in [0.1, 0.15) is 0 Å². The van der Waals surface area contributed by atoms with Crippen LogP contribution in [0.4, 0.5) is 5.69 Å². The molecule has 0 radical (unpaired) electrons. The van der Waals surface area contributed by atoms with Crippen LogP contribution in [0.5, 0.6) is 17.2 Å². The molecule has 0 spiro atoms. The average Bonchev–Trinajstić information content (AvgIpc) is 2.88. The molecule has 7 nitrogen and oxygen atoms in total. The summed E-state index contributed by atoms with van der Waals surface area (Å²) in [6, 6.07) is 10.4. The number of amides is 1. The summed E-state index contributed by atoms with van der Waals surface area (Å²) in [7, 11) is 6.83. The van der Waals surface area contributed by atoms with E-state index in [2.05, 4.69) is 40.4 Å². The number of nitrogens with zero attached hydrogens (tertiary/aromatic N) is 2. The maximum atomic E-state index is 13.2. The van der Waals surface area contributed by atoms with Crippen molar-refractivity contribution in [3.63, 3.8) is 0 Å². The van der Waals surface area contributed by atoms with Crippen LogP contribution < -0.4 is 24.4 Å². The van der Waals surface area contributed by atoms with Gasteiger partial charge in [-0.1, -0.05) is 18.6 Å². The minimum atomic E-state index is -0.154. The van der Waals surface area contributed by atoms with Crippen LogP contribution >= 0.6 is 0 Å². The lowest BCUT2D eigenvalue weighted by Gasteiger charge is -2.36. The van der Waals surface area contributed by atoms with Gasteiger partial charge in [-0.15, -0.1) is 0 Å². The van der Waals surface area contributed by atoms with E-state index in [1.165, 1.54) is 42.5 Å². The highest BCUT2D eigenvalue weighted by atomic mass is 16.5. The number of piperidine rings is 1. The Morgan fingerprint density at radius 3 is 2.29 bits per heavy atom. The number of rotatable bonds is 8.